The van der Waals surface area contributed by atoms with E-state index in [1.54, 1.807) is 0 Å². The number of aliphatic carboxylic acids is 1. The van der Waals surface area contributed by atoms with Gasteiger partial charge in [0.2, 0.25) is 0 Å². The van der Waals surface area contributed by atoms with Crippen LogP contribution in [0.1, 0.15) is 19.8 Å². The summed E-state index contributed by atoms with van der Waals surface area (Å²) in [5.74, 6) is -1.83. The third kappa shape index (κ3) is 5.35. The first-order valence-corrected chi connectivity index (χ1v) is 6.48. The van der Waals surface area contributed by atoms with E-state index in [4.69, 9.17) is 9.84 Å². The number of nitrogens with one attached hydrogen (secondary N) is 1. The van der Waals surface area contributed by atoms with Crippen molar-refractivity contribution >= 4 is 11.7 Å². The van der Waals surface area contributed by atoms with Crippen LogP contribution < -0.4 is 10.1 Å². The minimum absolute atomic E-state index is 0.0276. The summed E-state index contributed by atoms with van der Waals surface area (Å²) in [6, 6.07) is 2.18. The molecule has 0 bridgehead atoms. The highest BCUT2D eigenvalue weighted by Crippen LogP contribution is 2.27. The van der Waals surface area contributed by atoms with Crippen LogP contribution in [-0.2, 0) is 4.79 Å². The van der Waals surface area contributed by atoms with E-state index in [9.17, 15) is 19.3 Å². The first-order chi connectivity index (χ1) is 9.95. The summed E-state index contributed by atoms with van der Waals surface area (Å²) in [5.41, 5.74) is -0.483. The lowest BCUT2D eigenvalue weighted by molar-refractivity contribution is -0.386. The lowest BCUT2D eigenvalue weighted by Gasteiger charge is -2.14. The van der Waals surface area contributed by atoms with Crippen molar-refractivity contribution in [3.05, 3.63) is 34.1 Å². The van der Waals surface area contributed by atoms with E-state index in [1.807, 2.05) is 6.92 Å². The van der Waals surface area contributed by atoms with Gasteiger partial charge in [0.1, 0.15) is 11.9 Å². The normalized spacial score (nSPS) is 11.9. The van der Waals surface area contributed by atoms with Crippen LogP contribution >= 0.6 is 0 Å². The van der Waals surface area contributed by atoms with Gasteiger partial charge >= 0.3 is 11.7 Å². The number of hydrogen-bond acceptors (Lipinski definition) is 5. The minimum atomic E-state index is -1.01. The van der Waals surface area contributed by atoms with Gasteiger partial charge in [0.15, 0.2) is 5.75 Å². The fourth-order valence-electron chi connectivity index (χ4n) is 1.67. The van der Waals surface area contributed by atoms with Gasteiger partial charge in [-0.25, -0.2) is 4.39 Å². The van der Waals surface area contributed by atoms with Crippen molar-refractivity contribution in [1.82, 2.24) is 5.32 Å². The molecule has 8 heteroatoms. The maximum absolute atomic E-state index is 13.0. The van der Waals surface area contributed by atoms with E-state index >= 15 is 0 Å². The number of nitro groups is 1. The third-order valence-electron chi connectivity index (χ3n) is 2.72. The molecule has 0 amide bonds. The second kappa shape index (κ2) is 8.15. The number of rotatable bonds is 9. The first-order valence-electron chi connectivity index (χ1n) is 6.48. The summed E-state index contributed by atoms with van der Waals surface area (Å²) in [7, 11) is 0. The highest BCUT2D eigenvalue weighted by molar-refractivity contribution is 5.73. The van der Waals surface area contributed by atoms with E-state index in [1.165, 1.54) is 0 Å². The molecule has 1 aromatic carbocycles. The SMILES string of the molecule is CCCNC(CCOc1ccc(F)cc1[N+](=O)[O-])C(=O)O. The molecule has 1 rings (SSSR count). The number of hydrogen-bond donors (Lipinski definition) is 2. The van der Waals surface area contributed by atoms with Gasteiger partial charge in [-0.05, 0) is 25.1 Å². The van der Waals surface area contributed by atoms with Gasteiger partial charge in [-0.15, -0.1) is 0 Å². The second-order valence-corrected chi connectivity index (χ2v) is 4.35. The van der Waals surface area contributed by atoms with E-state index in [0.29, 0.717) is 6.54 Å². The molecule has 21 heavy (non-hydrogen) atoms. The summed E-state index contributed by atoms with van der Waals surface area (Å²) < 4.78 is 18.2. The summed E-state index contributed by atoms with van der Waals surface area (Å²) in [6.07, 6.45) is 0.929. The topological polar surface area (TPSA) is 102 Å². The molecule has 0 fully saturated rings. The molecule has 0 saturated carbocycles. The van der Waals surface area contributed by atoms with Crippen LogP contribution in [0.5, 0.6) is 5.75 Å². The number of carboxylic acids is 1. The maximum atomic E-state index is 13.0. The van der Waals surface area contributed by atoms with Gasteiger partial charge < -0.3 is 15.2 Å². The van der Waals surface area contributed by atoms with Crippen LogP contribution in [0.2, 0.25) is 0 Å². The zero-order valence-electron chi connectivity index (χ0n) is 11.5. The van der Waals surface area contributed by atoms with Crippen molar-refractivity contribution in [2.45, 2.75) is 25.8 Å². The maximum Gasteiger partial charge on any atom is 0.320 e. The fourth-order valence-corrected chi connectivity index (χ4v) is 1.67. The molecule has 1 unspecified atom stereocenters. The second-order valence-electron chi connectivity index (χ2n) is 4.35. The van der Waals surface area contributed by atoms with Crippen molar-refractivity contribution in [2.75, 3.05) is 13.2 Å². The highest BCUT2D eigenvalue weighted by Gasteiger charge is 2.19. The number of ether oxygens (including phenoxy) is 1. The molecular formula is C13H17FN2O5. The number of nitro benzene ring substituents is 1. The summed E-state index contributed by atoms with van der Waals surface area (Å²) in [6.45, 7) is 2.43. The summed E-state index contributed by atoms with van der Waals surface area (Å²) in [4.78, 5) is 21.0. The van der Waals surface area contributed by atoms with Crippen LogP contribution in [0.4, 0.5) is 10.1 Å². The Kier molecular flexibility index (Phi) is 6.54. The largest absolute Gasteiger partial charge is 0.487 e. The first kappa shape index (κ1) is 16.8. The van der Waals surface area contributed by atoms with Crippen LogP contribution in [0.25, 0.3) is 0 Å². The minimum Gasteiger partial charge on any atom is -0.487 e. The lowest BCUT2D eigenvalue weighted by atomic mass is 10.2. The summed E-state index contributed by atoms with van der Waals surface area (Å²) >= 11 is 0. The Morgan fingerprint density at radius 2 is 2.29 bits per heavy atom. The lowest BCUT2D eigenvalue weighted by Crippen LogP contribution is -2.38. The Bertz CT molecular complexity index is 509. The summed E-state index contributed by atoms with van der Waals surface area (Å²) in [5, 5.41) is 22.6. The van der Waals surface area contributed by atoms with Crippen LogP contribution in [0, 0.1) is 15.9 Å². The van der Waals surface area contributed by atoms with Crippen molar-refractivity contribution in [3.63, 3.8) is 0 Å². The molecule has 0 spiro atoms. The van der Waals surface area contributed by atoms with Crippen LogP contribution in [0.15, 0.2) is 18.2 Å². The molecule has 0 aliphatic rings. The molecule has 1 atom stereocenters. The number of nitrogens with zero attached hydrogens (tertiary/aromatic N) is 1. The fraction of sp³-hybridized carbons (Fsp3) is 0.462. The van der Waals surface area contributed by atoms with Crippen molar-refractivity contribution in [2.24, 2.45) is 0 Å². The highest BCUT2D eigenvalue weighted by atomic mass is 19.1. The van der Waals surface area contributed by atoms with Crippen LogP contribution in [0.3, 0.4) is 0 Å². The average Bonchev–Trinajstić information content (AvgIpc) is 2.43. The number of carbonyl (C=O) groups is 1. The molecule has 116 valence electrons. The molecule has 1 aromatic rings. The molecule has 0 aliphatic heterocycles. The number of carboxylic acid groups (broad SMARTS) is 1. The van der Waals surface area contributed by atoms with Gasteiger partial charge in [0.05, 0.1) is 17.6 Å². The third-order valence-corrected chi connectivity index (χ3v) is 2.72. The molecular weight excluding hydrogens is 283 g/mol. The molecule has 7 nitrogen and oxygen atoms in total. The number of benzene rings is 1. The van der Waals surface area contributed by atoms with Gasteiger partial charge in [-0.2, -0.15) is 0 Å². The van der Waals surface area contributed by atoms with Gasteiger partial charge in [0.25, 0.3) is 0 Å². The van der Waals surface area contributed by atoms with E-state index in [0.717, 1.165) is 24.6 Å². The molecule has 0 aromatic heterocycles. The Balaban J connectivity index is 2.62. The molecule has 0 radical (unpaired) electrons. The van der Waals surface area contributed by atoms with E-state index < -0.39 is 28.4 Å². The van der Waals surface area contributed by atoms with Crippen molar-refractivity contribution in [1.29, 1.82) is 0 Å². The van der Waals surface area contributed by atoms with Gasteiger partial charge in [0, 0.05) is 6.42 Å². The Labute approximate surface area is 120 Å². The van der Waals surface area contributed by atoms with Gasteiger partial charge in [-0.3, -0.25) is 14.9 Å². The smallest absolute Gasteiger partial charge is 0.320 e. The molecule has 2 N–H and O–H groups in total. The predicted octanol–water partition coefficient (Wildman–Crippen LogP) is 1.96. The van der Waals surface area contributed by atoms with E-state index in [-0.39, 0.29) is 18.8 Å². The average molecular weight is 300 g/mol. The standard InChI is InChI=1S/C13H17FN2O5/c1-2-6-15-10(13(17)18)5-7-21-12-4-3-9(14)8-11(12)16(19)20/h3-4,8,10,15H,2,5-7H2,1H3,(H,17,18). The number of halogens is 1. The molecule has 0 aliphatic carbocycles. The van der Waals surface area contributed by atoms with Crippen molar-refractivity contribution in [3.8, 4) is 5.75 Å². The Morgan fingerprint density at radius 1 is 1.57 bits per heavy atom. The Morgan fingerprint density at radius 3 is 2.86 bits per heavy atom. The van der Waals surface area contributed by atoms with Crippen LogP contribution in [-0.4, -0.2) is 35.2 Å². The molecule has 0 saturated heterocycles. The Hall–Kier alpha value is -2.22. The molecule has 0 heterocycles. The van der Waals surface area contributed by atoms with E-state index in [2.05, 4.69) is 5.32 Å². The van der Waals surface area contributed by atoms with Gasteiger partial charge in [-0.1, -0.05) is 6.92 Å². The monoisotopic (exact) mass is 300 g/mol. The predicted molar refractivity (Wildman–Crippen MR) is 72.9 cm³/mol. The zero-order chi connectivity index (χ0) is 15.8. The quantitative estimate of drug-likeness (QED) is 0.534. The van der Waals surface area contributed by atoms with Crippen molar-refractivity contribution < 1.29 is 24.0 Å². The zero-order valence-corrected chi connectivity index (χ0v) is 11.5.